The van der Waals surface area contributed by atoms with Gasteiger partial charge in [-0.1, -0.05) is 167 Å². The summed E-state index contributed by atoms with van der Waals surface area (Å²) >= 11 is 0. The van der Waals surface area contributed by atoms with E-state index < -0.39 is 64.6 Å². The molecule has 4 aliphatic heterocycles. The first kappa shape index (κ1) is 88.6. The molecule has 27 heteroatoms. The fraction of sp³-hybridized carbons (Fsp3) is 0.489. The summed E-state index contributed by atoms with van der Waals surface area (Å²) in [5, 5.41) is 13.3. The number of carbonyl (C=O) groups is 8. The van der Waals surface area contributed by atoms with Gasteiger partial charge in [0.15, 0.2) is 0 Å². The van der Waals surface area contributed by atoms with Crippen LogP contribution in [0.25, 0.3) is 78.1 Å². The first-order valence-electron chi connectivity index (χ1n) is 42.6. The maximum atomic E-state index is 13.9. The van der Waals surface area contributed by atoms with Crippen LogP contribution in [0, 0.1) is 23.7 Å². The summed E-state index contributed by atoms with van der Waals surface area (Å²) in [5.41, 5.74) is 12.2. The van der Waals surface area contributed by atoms with Gasteiger partial charge in [-0.15, -0.1) is 0 Å². The largest absolute Gasteiger partial charge is 0.453 e. The molecule has 1 aliphatic carbocycles. The van der Waals surface area contributed by atoms with Gasteiger partial charge in [0.2, 0.25) is 29.5 Å². The first-order valence-corrected chi connectivity index (χ1v) is 42.6. The van der Waals surface area contributed by atoms with Crippen LogP contribution >= 0.6 is 0 Å². The molecule has 0 spiro atoms. The molecular weight excluding hydrogens is 1530 g/mol. The van der Waals surface area contributed by atoms with Crippen molar-refractivity contribution in [3.8, 4) is 67.3 Å². The molecule has 0 bridgehead atoms. The second-order valence-corrected chi connectivity index (χ2v) is 35.0. The molecule has 8 N–H and O–H groups in total. The van der Waals surface area contributed by atoms with Crippen molar-refractivity contribution in [2.75, 3.05) is 47.5 Å². The minimum atomic E-state index is -0.722. The molecule has 9 aromatic rings. The summed E-state index contributed by atoms with van der Waals surface area (Å²) in [6.45, 7) is 27.7. The Balaban J connectivity index is 0.000000220. The van der Waals surface area contributed by atoms with Crippen molar-refractivity contribution in [2.24, 2.45) is 23.7 Å². The van der Waals surface area contributed by atoms with Crippen LogP contribution in [0.15, 0.2) is 122 Å². The van der Waals surface area contributed by atoms with Gasteiger partial charge in [0.1, 0.15) is 47.5 Å². The Morgan fingerprint density at radius 1 is 0.372 bits per heavy atom. The van der Waals surface area contributed by atoms with Gasteiger partial charge in [-0.2, -0.15) is 0 Å². The summed E-state index contributed by atoms with van der Waals surface area (Å²) < 4.78 is 14.4. The van der Waals surface area contributed by atoms with Crippen molar-refractivity contribution in [3.63, 3.8) is 0 Å². The average molecular weight is 1650 g/mol. The lowest BCUT2D eigenvalue weighted by Gasteiger charge is -2.37. The molecule has 14 rings (SSSR count). The molecule has 27 nitrogen and oxygen atoms in total. The number of aromatic amines is 4. The molecule has 4 aromatic heterocycles. The van der Waals surface area contributed by atoms with Crippen LogP contribution in [-0.4, -0.2) is 179 Å². The van der Waals surface area contributed by atoms with Crippen LogP contribution in [0.3, 0.4) is 0 Å². The van der Waals surface area contributed by atoms with Crippen molar-refractivity contribution in [3.05, 3.63) is 156 Å². The zero-order valence-corrected chi connectivity index (χ0v) is 72.3. The van der Waals surface area contributed by atoms with E-state index in [1.165, 1.54) is 38.0 Å². The van der Waals surface area contributed by atoms with Crippen molar-refractivity contribution >= 4 is 58.6 Å². The van der Waals surface area contributed by atoms with Crippen molar-refractivity contribution < 1.29 is 52.6 Å². The lowest BCUT2D eigenvalue weighted by Crippen LogP contribution is -2.55. The Kier molecular flexibility index (Phi) is 26.9. The number of aromatic nitrogens is 8. The Morgan fingerprint density at radius 3 is 1.00 bits per heavy atom. The van der Waals surface area contributed by atoms with E-state index in [9.17, 15) is 38.4 Å². The monoisotopic (exact) mass is 1650 g/mol. The predicted molar refractivity (Wildman–Crippen MR) is 468 cm³/mol. The van der Waals surface area contributed by atoms with Crippen molar-refractivity contribution in [1.29, 1.82) is 0 Å². The minimum Gasteiger partial charge on any atom is -0.453 e. The van der Waals surface area contributed by atoms with Gasteiger partial charge in [0.05, 0.1) is 91.0 Å². The number of carbonyl (C=O) groups excluding carboxylic acids is 8. The zero-order valence-electron chi connectivity index (χ0n) is 72.3. The molecule has 0 radical (unpaired) electrons. The quantitative estimate of drug-likeness (QED) is 0.0276. The summed E-state index contributed by atoms with van der Waals surface area (Å²) in [5.74, 6) is 1.84. The summed E-state index contributed by atoms with van der Waals surface area (Å²) in [6.07, 6.45) is 16.4. The van der Waals surface area contributed by atoms with Crippen molar-refractivity contribution in [1.82, 2.24) is 80.7 Å². The third kappa shape index (κ3) is 17.5. The molecule has 0 unspecified atom stereocenters. The number of imidazole rings is 4. The van der Waals surface area contributed by atoms with E-state index in [2.05, 4.69) is 140 Å². The second-order valence-electron chi connectivity index (χ2n) is 35.0. The Labute approximate surface area is 710 Å². The highest BCUT2D eigenvalue weighted by molar-refractivity contribution is 6.05. The molecule has 8 atom stereocenters. The van der Waals surface area contributed by atoms with Crippen LogP contribution in [0.4, 0.5) is 14.4 Å². The smallest absolute Gasteiger partial charge is 0.407 e. The SMILES string of the molecule is C.CCC(=O)N[C@H](C(=O)N1CCC[C@@]1(C)c1ncc(-c2ccc(-c3ccc(-c4cnc([C@]5(C)CCCN5C(=O)[C@@H](NC(=O)OC)C(C)C)[nH]4)c4ccccc34)cc2)[nH]1)C(C)C.COC(=O)N[C@H](C(=O)N1CCC[C@@]1(C)c1ncc(-c2ccc(-c3ccc(-c4cnc([C@]5(C)CCCN5C(=O)[C@@H](NC(=O)OC)C(C)C)[nH]4)c4c3CCCC4)cc2)[nH]1)C(C)C. The van der Waals surface area contributed by atoms with Crippen LogP contribution in [0.5, 0.6) is 0 Å². The number of H-pyrrole nitrogens is 4. The van der Waals surface area contributed by atoms with Gasteiger partial charge >= 0.3 is 18.3 Å². The molecule has 4 saturated heterocycles. The highest BCUT2D eigenvalue weighted by atomic mass is 16.5. The van der Waals surface area contributed by atoms with Gasteiger partial charge in [0.25, 0.3) is 0 Å². The van der Waals surface area contributed by atoms with Gasteiger partial charge in [-0.25, -0.2) is 34.3 Å². The number of fused-ring (bicyclic) bond motifs is 2. The van der Waals surface area contributed by atoms with Crippen LogP contribution in [-0.2, 0) is 73.2 Å². The number of methoxy groups -OCH3 is 3. The molecule has 644 valence electrons. The predicted octanol–water partition coefficient (Wildman–Crippen LogP) is 16.0. The lowest BCUT2D eigenvalue weighted by atomic mass is 9.82. The number of nitrogens with zero attached hydrogens (tertiary/aromatic N) is 8. The van der Waals surface area contributed by atoms with E-state index in [0.29, 0.717) is 38.4 Å². The minimum absolute atomic E-state index is 0. The molecule has 8 heterocycles. The lowest BCUT2D eigenvalue weighted by molar-refractivity contribution is -0.141. The van der Waals surface area contributed by atoms with E-state index in [4.69, 9.17) is 34.1 Å². The maximum Gasteiger partial charge on any atom is 0.407 e. The number of nitrogens with one attached hydrogen (secondary N) is 8. The highest BCUT2D eigenvalue weighted by Gasteiger charge is 2.51. The molecule has 0 saturated carbocycles. The topological polar surface area (TPSA) is 340 Å². The zero-order chi connectivity index (χ0) is 85.9. The third-order valence-corrected chi connectivity index (χ3v) is 25.8. The third-order valence-electron chi connectivity index (χ3n) is 25.8. The molecule has 8 amide bonds. The van der Waals surface area contributed by atoms with Gasteiger partial charge in [0, 0.05) is 43.7 Å². The summed E-state index contributed by atoms with van der Waals surface area (Å²) in [7, 11) is 3.90. The number of benzene rings is 5. The Bertz CT molecular complexity index is 5250. The average Bonchev–Trinajstić information content (AvgIpc) is 1.64. The number of hydrogen-bond acceptors (Lipinski definition) is 15. The summed E-state index contributed by atoms with van der Waals surface area (Å²) in [6, 6.07) is 31.2. The first-order chi connectivity index (χ1) is 57.4. The number of likely N-dealkylation sites (tertiary alicyclic amines) is 4. The van der Waals surface area contributed by atoms with E-state index in [1.54, 1.807) is 6.92 Å². The normalized spacial score (nSPS) is 20.5. The molecule has 121 heavy (non-hydrogen) atoms. The van der Waals surface area contributed by atoms with Crippen LogP contribution < -0.4 is 21.3 Å². The molecule has 5 aromatic carbocycles. The molecule has 4 fully saturated rings. The van der Waals surface area contributed by atoms with Gasteiger partial charge < -0.3 is 75.0 Å². The molecular formula is C94H122N16O11. The number of rotatable bonds is 23. The Hall–Kier alpha value is -11.6. The van der Waals surface area contributed by atoms with E-state index in [-0.39, 0.29) is 60.6 Å². The van der Waals surface area contributed by atoms with E-state index >= 15 is 0 Å². The van der Waals surface area contributed by atoms with E-state index in [1.807, 2.05) is 126 Å². The number of ether oxygens (including phenoxy) is 3. The van der Waals surface area contributed by atoms with Gasteiger partial charge in [-0.05, 0) is 184 Å². The standard InChI is InChI=1S/C47H58N8O5.C46H60N8O6.CH4/c1-9-38(56)52-39(28(2)3)41(57)54-24-12-22-46(54,6)43-48-26-36(50-43)31-18-16-30(17-19-31)32-20-21-35(34-15-11-10-14-33(32)34)37-27-49-44(51-37)47(7)23-13-25-55(47)42(58)40(29(4)5)53-45(59)60-8;1-27(2)37(51-43(57)59-7)39(55)53-23-11-21-45(53,5)41-47-25-35(49-41)30-17-15-29(16-18-30)31-19-20-34(33-14-10-9-13-32(31)33)36-26-48-42(50-36)46(6)22-12-24-54(46)40(56)38(28(3)4)52-44(58)60-8;/h10-11,14-21,26-29,39-40H,9,12-13,22-25H2,1-8H3,(H,48,50)(H,49,51)(H,52,56)(H,53,59);15-20,25-28,37-38H,9-14,21-24H2,1-8H3,(H,47,49)(H,48,50)(H,51,57)(H,52,58);1H4/t39-,40-,46-,47-;37-,38-,45-,46-;/m00./s1. The number of alkyl carbamates (subject to hydrolysis) is 3. The van der Waals surface area contributed by atoms with Crippen molar-refractivity contribution in [2.45, 2.75) is 227 Å². The highest BCUT2D eigenvalue weighted by Crippen LogP contribution is 2.46. The molecule has 5 aliphatic rings. The Morgan fingerprint density at radius 2 is 0.653 bits per heavy atom. The fourth-order valence-corrected chi connectivity index (χ4v) is 18.6. The van der Waals surface area contributed by atoms with Crippen LogP contribution in [0.2, 0.25) is 0 Å². The maximum absolute atomic E-state index is 13.9. The number of amides is 8. The van der Waals surface area contributed by atoms with Gasteiger partial charge in [-0.3, -0.25) is 24.0 Å². The number of hydrogen-bond donors (Lipinski definition) is 8. The van der Waals surface area contributed by atoms with Crippen LogP contribution in [0.1, 0.15) is 202 Å². The fourth-order valence-electron chi connectivity index (χ4n) is 18.6. The second kappa shape index (κ2) is 36.7. The summed E-state index contributed by atoms with van der Waals surface area (Å²) in [4.78, 5) is 145. The van der Waals surface area contributed by atoms with E-state index in [0.717, 1.165) is 167 Å².